The first-order valence-corrected chi connectivity index (χ1v) is 6.68. The van der Waals surface area contributed by atoms with Crippen molar-refractivity contribution in [3.63, 3.8) is 0 Å². The van der Waals surface area contributed by atoms with Crippen LogP contribution in [0.4, 0.5) is 0 Å². The van der Waals surface area contributed by atoms with E-state index >= 15 is 0 Å². The van der Waals surface area contributed by atoms with Crippen LogP contribution >= 0.6 is 0 Å². The van der Waals surface area contributed by atoms with Gasteiger partial charge in [-0.25, -0.2) is 0 Å². The van der Waals surface area contributed by atoms with E-state index < -0.39 is 6.10 Å². The summed E-state index contributed by atoms with van der Waals surface area (Å²) in [6.45, 7) is 6.29. The molecule has 0 spiro atoms. The molecule has 1 heterocycles. The van der Waals surface area contributed by atoms with E-state index in [2.05, 4.69) is 10.3 Å². The number of carbonyl (C=O) groups excluding carboxylic acids is 1. The second-order valence-electron chi connectivity index (χ2n) is 4.60. The zero-order valence-corrected chi connectivity index (χ0v) is 11.8. The van der Waals surface area contributed by atoms with Crippen molar-refractivity contribution >= 4 is 5.91 Å². The van der Waals surface area contributed by atoms with E-state index in [1.807, 2.05) is 26.0 Å². The van der Waals surface area contributed by atoms with Crippen molar-refractivity contribution in [3.8, 4) is 5.75 Å². The highest BCUT2D eigenvalue weighted by atomic mass is 16.5. The van der Waals surface area contributed by atoms with Crippen molar-refractivity contribution in [2.75, 3.05) is 6.54 Å². The van der Waals surface area contributed by atoms with Gasteiger partial charge >= 0.3 is 0 Å². The average Bonchev–Trinajstić information content (AvgIpc) is 2.41. The van der Waals surface area contributed by atoms with Crippen molar-refractivity contribution < 1.29 is 9.53 Å². The Hall–Kier alpha value is -1.62. The monoisotopic (exact) mass is 265 g/mol. The smallest absolute Gasteiger partial charge is 0.260 e. The molecule has 0 radical (unpaired) electrons. The van der Waals surface area contributed by atoms with Gasteiger partial charge in [0.15, 0.2) is 6.10 Å². The molecule has 1 aromatic rings. The van der Waals surface area contributed by atoms with Crippen LogP contribution in [-0.4, -0.2) is 29.6 Å². The summed E-state index contributed by atoms with van der Waals surface area (Å²) in [6, 6.07) is 3.83. The minimum Gasteiger partial charge on any atom is -0.479 e. The molecule has 2 atom stereocenters. The number of ether oxygens (including phenoxy) is 1. The summed E-state index contributed by atoms with van der Waals surface area (Å²) in [6.07, 6.45) is 2.73. The maximum absolute atomic E-state index is 11.8. The maximum Gasteiger partial charge on any atom is 0.260 e. The number of nitrogens with zero attached hydrogens (tertiary/aromatic N) is 1. The summed E-state index contributed by atoms with van der Waals surface area (Å²) >= 11 is 0. The van der Waals surface area contributed by atoms with E-state index in [1.54, 1.807) is 13.1 Å². The predicted molar refractivity (Wildman–Crippen MR) is 75.0 cm³/mol. The fourth-order valence-corrected chi connectivity index (χ4v) is 1.50. The zero-order valence-electron chi connectivity index (χ0n) is 11.8. The first kappa shape index (κ1) is 15.4. The van der Waals surface area contributed by atoms with Crippen LogP contribution in [0.3, 0.4) is 0 Å². The standard InChI is InChI=1S/C14H23N3O2/c1-4-10(2)17-14(18)11(3)19-13-6-5-12(7-8-15)16-9-13/h5-6,9-11H,4,7-8,15H2,1-3H3,(H,17,18). The molecule has 1 rings (SSSR count). The van der Waals surface area contributed by atoms with E-state index in [0.717, 1.165) is 18.5 Å². The Kier molecular flexibility index (Phi) is 6.29. The molecule has 19 heavy (non-hydrogen) atoms. The fourth-order valence-electron chi connectivity index (χ4n) is 1.50. The van der Waals surface area contributed by atoms with Crippen molar-refractivity contribution in [2.45, 2.75) is 45.8 Å². The molecule has 5 heteroatoms. The van der Waals surface area contributed by atoms with Gasteiger partial charge in [0.05, 0.1) is 6.20 Å². The summed E-state index contributed by atoms with van der Waals surface area (Å²) in [5.74, 6) is 0.480. The second kappa shape index (κ2) is 7.74. The highest BCUT2D eigenvalue weighted by Crippen LogP contribution is 2.11. The van der Waals surface area contributed by atoms with Gasteiger partial charge in [0.25, 0.3) is 5.91 Å². The molecule has 106 valence electrons. The topological polar surface area (TPSA) is 77.2 Å². The molecular formula is C14H23N3O2. The Balaban J connectivity index is 2.51. The largest absolute Gasteiger partial charge is 0.479 e. The van der Waals surface area contributed by atoms with Gasteiger partial charge in [-0.2, -0.15) is 0 Å². The Labute approximate surface area is 114 Å². The second-order valence-corrected chi connectivity index (χ2v) is 4.60. The van der Waals surface area contributed by atoms with Gasteiger partial charge in [-0.05, 0) is 38.9 Å². The average molecular weight is 265 g/mol. The number of hydrogen-bond donors (Lipinski definition) is 2. The summed E-state index contributed by atoms with van der Waals surface area (Å²) in [4.78, 5) is 16.0. The van der Waals surface area contributed by atoms with E-state index in [1.165, 1.54) is 0 Å². The minimum atomic E-state index is -0.531. The lowest BCUT2D eigenvalue weighted by atomic mass is 10.2. The first-order chi connectivity index (χ1) is 9.06. The quantitative estimate of drug-likeness (QED) is 0.778. The summed E-state index contributed by atoms with van der Waals surface area (Å²) in [5, 5.41) is 2.88. The molecule has 1 amide bonds. The van der Waals surface area contributed by atoms with Crippen LogP contribution in [0.5, 0.6) is 5.75 Å². The maximum atomic E-state index is 11.8. The lowest BCUT2D eigenvalue weighted by Crippen LogP contribution is -2.40. The molecule has 0 bridgehead atoms. The van der Waals surface area contributed by atoms with Crippen LogP contribution in [0.15, 0.2) is 18.3 Å². The molecule has 0 saturated heterocycles. The van der Waals surface area contributed by atoms with Gasteiger partial charge < -0.3 is 15.8 Å². The molecule has 0 fully saturated rings. The minimum absolute atomic E-state index is 0.111. The third kappa shape index (κ3) is 5.26. The van der Waals surface area contributed by atoms with Crippen molar-refractivity contribution in [1.29, 1.82) is 0 Å². The molecule has 0 saturated carbocycles. The fraction of sp³-hybridized carbons (Fsp3) is 0.571. The molecule has 0 aliphatic carbocycles. The lowest BCUT2D eigenvalue weighted by Gasteiger charge is -2.17. The SMILES string of the molecule is CCC(C)NC(=O)C(C)Oc1ccc(CCN)nc1. The number of rotatable bonds is 7. The third-order valence-electron chi connectivity index (χ3n) is 2.88. The van der Waals surface area contributed by atoms with Crippen LogP contribution in [-0.2, 0) is 11.2 Å². The molecule has 1 aromatic heterocycles. The van der Waals surface area contributed by atoms with Crippen LogP contribution in [0.25, 0.3) is 0 Å². The Bertz CT molecular complexity index is 392. The van der Waals surface area contributed by atoms with E-state index in [0.29, 0.717) is 12.3 Å². The van der Waals surface area contributed by atoms with Crippen molar-refractivity contribution in [1.82, 2.24) is 10.3 Å². The molecule has 0 aliphatic rings. The van der Waals surface area contributed by atoms with Gasteiger partial charge in [0.1, 0.15) is 5.75 Å². The highest BCUT2D eigenvalue weighted by molar-refractivity contribution is 5.80. The van der Waals surface area contributed by atoms with Gasteiger partial charge in [0.2, 0.25) is 0 Å². The van der Waals surface area contributed by atoms with Crippen LogP contribution in [0.1, 0.15) is 32.9 Å². The molecule has 0 aliphatic heterocycles. The van der Waals surface area contributed by atoms with E-state index in [9.17, 15) is 4.79 Å². The highest BCUT2D eigenvalue weighted by Gasteiger charge is 2.16. The Morgan fingerprint density at radius 1 is 1.47 bits per heavy atom. The lowest BCUT2D eigenvalue weighted by molar-refractivity contribution is -0.127. The molecule has 3 N–H and O–H groups in total. The molecule has 2 unspecified atom stereocenters. The van der Waals surface area contributed by atoms with Gasteiger partial charge in [-0.15, -0.1) is 0 Å². The first-order valence-electron chi connectivity index (χ1n) is 6.68. The summed E-state index contributed by atoms with van der Waals surface area (Å²) in [7, 11) is 0. The van der Waals surface area contributed by atoms with Gasteiger partial charge in [-0.3, -0.25) is 9.78 Å². The molecule has 0 aromatic carbocycles. The number of carbonyl (C=O) groups is 1. The summed E-state index contributed by atoms with van der Waals surface area (Å²) < 4.78 is 5.55. The predicted octanol–water partition coefficient (Wildman–Crippen LogP) is 1.26. The van der Waals surface area contributed by atoms with Crippen molar-refractivity contribution in [3.05, 3.63) is 24.0 Å². The van der Waals surface area contributed by atoms with E-state index in [4.69, 9.17) is 10.5 Å². The number of hydrogen-bond acceptors (Lipinski definition) is 4. The Morgan fingerprint density at radius 3 is 2.74 bits per heavy atom. The van der Waals surface area contributed by atoms with Crippen LogP contribution in [0.2, 0.25) is 0 Å². The third-order valence-corrected chi connectivity index (χ3v) is 2.88. The van der Waals surface area contributed by atoms with Gasteiger partial charge in [0, 0.05) is 18.2 Å². The molecular weight excluding hydrogens is 242 g/mol. The number of aromatic nitrogens is 1. The Morgan fingerprint density at radius 2 is 2.21 bits per heavy atom. The number of pyridine rings is 1. The van der Waals surface area contributed by atoms with Crippen LogP contribution < -0.4 is 15.8 Å². The normalized spacial score (nSPS) is 13.7. The van der Waals surface area contributed by atoms with Gasteiger partial charge in [-0.1, -0.05) is 6.92 Å². The number of nitrogens with one attached hydrogen (secondary N) is 1. The van der Waals surface area contributed by atoms with Crippen LogP contribution in [0, 0.1) is 0 Å². The van der Waals surface area contributed by atoms with Crippen molar-refractivity contribution in [2.24, 2.45) is 5.73 Å². The zero-order chi connectivity index (χ0) is 14.3. The van der Waals surface area contributed by atoms with E-state index in [-0.39, 0.29) is 11.9 Å². The molecule has 5 nitrogen and oxygen atoms in total. The number of nitrogens with two attached hydrogens (primary N) is 1. The summed E-state index contributed by atoms with van der Waals surface area (Å²) in [5.41, 5.74) is 6.38. The number of amides is 1.